The molecule has 0 spiro atoms. The van der Waals surface area contributed by atoms with Crippen LogP contribution in [0.4, 0.5) is 4.39 Å². The minimum atomic E-state index is -0.694. The number of ether oxygens (including phenoxy) is 1. The van der Waals surface area contributed by atoms with E-state index in [2.05, 4.69) is 4.98 Å². The van der Waals surface area contributed by atoms with Crippen molar-refractivity contribution in [3.8, 4) is 5.69 Å². The molecule has 1 aliphatic rings. The lowest BCUT2D eigenvalue weighted by molar-refractivity contribution is -0.123. The Morgan fingerprint density at radius 3 is 2.76 bits per heavy atom. The van der Waals surface area contributed by atoms with Crippen molar-refractivity contribution >= 4 is 5.91 Å². The molecule has 29 heavy (non-hydrogen) atoms. The van der Waals surface area contributed by atoms with Gasteiger partial charge in [0.25, 0.3) is 0 Å². The fourth-order valence-corrected chi connectivity index (χ4v) is 4.21. The number of benzene rings is 2. The third-order valence-electron chi connectivity index (χ3n) is 5.85. The number of aryl methyl sites for hydroxylation is 1. The molecule has 1 amide bonds. The van der Waals surface area contributed by atoms with E-state index in [1.165, 1.54) is 6.07 Å². The quantitative estimate of drug-likeness (QED) is 0.692. The van der Waals surface area contributed by atoms with Gasteiger partial charge in [0.1, 0.15) is 11.6 Å². The number of aromatic nitrogens is 2. The maximum atomic E-state index is 14.6. The van der Waals surface area contributed by atoms with E-state index in [9.17, 15) is 9.18 Å². The molecule has 0 saturated heterocycles. The number of nitrogens with two attached hydrogens (primary N) is 1. The number of carbonyl (C=O) groups is 1. The highest BCUT2D eigenvalue weighted by molar-refractivity contribution is 5.87. The van der Waals surface area contributed by atoms with Crippen molar-refractivity contribution in [1.82, 2.24) is 9.55 Å². The average molecular weight is 393 g/mol. The van der Waals surface area contributed by atoms with Crippen molar-refractivity contribution in [2.75, 3.05) is 0 Å². The van der Waals surface area contributed by atoms with E-state index in [1.54, 1.807) is 23.0 Å². The molecule has 1 saturated carbocycles. The van der Waals surface area contributed by atoms with Gasteiger partial charge in [-0.15, -0.1) is 0 Å². The number of halogens is 1. The summed E-state index contributed by atoms with van der Waals surface area (Å²) in [6.07, 6.45) is 5.22. The first-order chi connectivity index (χ1) is 14.0. The number of primary amides is 1. The summed E-state index contributed by atoms with van der Waals surface area (Å²) in [5, 5.41) is 0. The van der Waals surface area contributed by atoms with Crippen molar-refractivity contribution in [3.05, 3.63) is 83.7 Å². The Morgan fingerprint density at radius 2 is 2.10 bits per heavy atom. The van der Waals surface area contributed by atoms with Crippen molar-refractivity contribution in [1.29, 1.82) is 0 Å². The Kier molecular flexibility index (Phi) is 5.20. The first-order valence-electron chi connectivity index (χ1n) is 9.75. The molecule has 4 rings (SSSR count). The number of hydrogen-bond acceptors (Lipinski definition) is 3. The Morgan fingerprint density at radius 1 is 1.31 bits per heavy atom. The Balaban J connectivity index is 1.44. The molecule has 3 aromatic rings. The third-order valence-corrected chi connectivity index (χ3v) is 5.85. The highest BCUT2D eigenvalue weighted by Gasteiger charge is 2.45. The van der Waals surface area contributed by atoms with Crippen molar-refractivity contribution in [2.24, 2.45) is 5.73 Å². The number of amides is 1. The molecular weight excluding hydrogens is 369 g/mol. The molecule has 0 radical (unpaired) electrons. The van der Waals surface area contributed by atoms with Gasteiger partial charge in [-0.05, 0) is 49.4 Å². The maximum absolute atomic E-state index is 14.6. The molecule has 1 aliphatic carbocycles. The Bertz CT molecular complexity index is 1020. The van der Waals surface area contributed by atoms with Crippen LogP contribution < -0.4 is 5.73 Å². The molecule has 1 aromatic heterocycles. The van der Waals surface area contributed by atoms with Gasteiger partial charge in [-0.3, -0.25) is 4.79 Å². The maximum Gasteiger partial charge on any atom is 0.228 e. The van der Waals surface area contributed by atoms with Crippen LogP contribution in [0.2, 0.25) is 0 Å². The second-order valence-corrected chi connectivity index (χ2v) is 7.62. The summed E-state index contributed by atoms with van der Waals surface area (Å²) in [6.45, 7) is 2.11. The molecule has 2 aromatic carbocycles. The lowest BCUT2D eigenvalue weighted by Gasteiger charge is -2.26. The van der Waals surface area contributed by atoms with Crippen LogP contribution in [-0.4, -0.2) is 21.6 Å². The number of hydrogen-bond donors (Lipinski definition) is 1. The molecule has 2 atom stereocenters. The van der Waals surface area contributed by atoms with Gasteiger partial charge in [0.15, 0.2) is 0 Å². The Labute approximate surface area is 169 Å². The van der Waals surface area contributed by atoms with Gasteiger partial charge in [0.05, 0.1) is 23.8 Å². The minimum Gasteiger partial charge on any atom is -0.373 e. The summed E-state index contributed by atoms with van der Waals surface area (Å²) in [5.41, 5.74) is 7.23. The topological polar surface area (TPSA) is 70.1 Å². The van der Waals surface area contributed by atoms with Crippen LogP contribution in [0.5, 0.6) is 0 Å². The third kappa shape index (κ3) is 3.68. The van der Waals surface area contributed by atoms with Crippen LogP contribution in [0.25, 0.3) is 5.69 Å². The number of nitrogens with zero attached hydrogens (tertiary/aromatic N) is 2. The predicted molar refractivity (Wildman–Crippen MR) is 108 cm³/mol. The van der Waals surface area contributed by atoms with Gasteiger partial charge in [-0.1, -0.05) is 36.4 Å². The fourth-order valence-electron chi connectivity index (χ4n) is 4.21. The zero-order valence-electron chi connectivity index (χ0n) is 16.3. The molecule has 2 N–H and O–H groups in total. The van der Waals surface area contributed by atoms with Crippen LogP contribution in [0.3, 0.4) is 0 Å². The molecule has 1 heterocycles. The van der Waals surface area contributed by atoms with Gasteiger partial charge >= 0.3 is 0 Å². The number of carbonyl (C=O) groups excluding carboxylic acids is 1. The predicted octanol–water partition coefficient (Wildman–Crippen LogP) is 3.81. The van der Waals surface area contributed by atoms with Gasteiger partial charge in [0.2, 0.25) is 5.91 Å². The molecule has 0 bridgehead atoms. The van der Waals surface area contributed by atoms with E-state index in [4.69, 9.17) is 10.5 Å². The van der Waals surface area contributed by atoms with Crippen molar-refractivity contribution in [2.45, 2.75) is 44.3 Å². The zero-order valence-corrected chi connectivity index (χ0v) is 16.3. The van der Waals surface area contributed by atoms with Crippen molar-refractivity contribution < 1.29 is 13.9 Å². The molecular formula is C23H24FN3O2. The zero-order chi connectivity index (χ0) is 20.4. The van der Waals surface area contributed by atoms with Crippen LogP contribution >= 0.6 is 0 Å². The van der Waals surface area contributed by atoms with E-state index in [0.29, 0.717) is 18.5 Å². The standard InChI is InChI=1S/C23H24FN3O2/c1-16-26-11-12-27(16)21-8-7-17(13-20(21)24)15-29-19-9-10-23(14-19,22(25)28)18-5-3-2-4-6-18/h2-8,11-13,19H,9-10,14-15H2,1H3,(H2,25,28). The SMILES string of the molecule is Cc1nccn1-c1ccc(COC2CCC(C(N)=O)(c3ccccc3)C2)cc1F. The molecule has 1 fully saturated rings. The summed E-state index contributed by atoms with van der Waals surface area (Å²) >= 11 is 0. The van der Waals surface area contributed by atoms with Gasteiger partial charge < -0.3 is 15.0 Å². The fraction of sp³-hybridized carbons (Fsp3) is 0.304. The van der Waals surface area contributed by atoms with Gasteiger partial charge in [-0.2, -0.15) is 0 Å². The summed E-state index contributed by atoms with van der Waals surface area (Å²) in [7, 11) is 0. The monoisotopic (exact) mass is 393 g/mol. The van der Waals surface area contributed by atoms with E-state index in [1.807, 2.05) is 43.3 Å². The summed E-state index contributed by atoms with van der Waals surface area (Å²) < 4.78 is 22.3. The lowest BCUT2D eigenvalue weighted by Crippen LogP contribution is -2.39. The normalized spacial score (nSPS) is 21.4. The van der Waals surface area contributed by atoms with Gasteiger partial charge in [-0.25, -0.2) is 9.37 Å². The highest BCUT2D eigenvalue weighted by atomic mass is 19.1. The minimum absolute atomic E-state index is 0.0960. The summed E-state index contributed by atoms with van der Waals surface area (Å²) in [4.78, 5) is 16.4. The largest absolute Gasteiger partial charge is 0.373 e. The van der Waals surface area contributed by atoms with Crippen LogP contribution in [0, 0.1) is 12.7 Å². The summed E-state index contributed by atoms with van der Waals surface area (Å²) in [5.74, 6) is 0.0813. The van der Waals surface area contributed by atoms with Crippen LogP contribution in [-0.2, 0) is 21.6 Å². The van der Waals surface area contributed by atoms with Gasteiger partial charge in [0, 0.05) is 12.4 Å². The highest BCUT2D eigenvalue weighted by Crippen LogP contribution is 2.42. The van der Waals surface area contributed by atoms with E-state index in [-0.39, 0.29) is 24.4 Å². The van der Waals surface area contributed by atoms with E-state index < -0.39 is 5.41 Å². The summed E-state index contributed by atoms with van der Waals surface area (Å²) in [6, 6.07) is 14.7. The first-order valence-corrected chi connectivity index (χ1v) is 9.75. The second-order valence-electron chi connectivity index (χ2n) is 7.62. The molecule has 6 heteroatoms. The molecule has 5 nitrogen and oxygen atoms in total. The lowest BCUT2D eigenvalue weighted by atomic mass is 9.78. The smallest absolute Gasteiger partial charge is 0.228 e. The second kappa shape index (κ2) is 7.79. The molecule has 2 unspecified atom stereocenters. The van der Waals surface area contributed by atoms with Crippen molar-refractivity contribution in [3.63, 3.8) is 0 Å². The number of imidazole rings is 1. The average Bonchev–Trinajstić information content (AvgIpc) is 3.34. The van der Waals surface area contributed by atoms with Crippen LogP contribution in [0.15, 0.2) is 60.9 Å². The number of rotatable bonds is 6. The molecule has 150 valence electrons. The van der Waals surface area contributed by atoms with E-state index in [0.717, 1.165) is 23.4 Å². The first kappa shape index (κ1) is 19.3. The van der Waals surface area contributed by atoms with E-state index >= 15 is 0 Å². The molecule has 0 aliphatic heterocycles. The Hall–Kier alpha value is -2.99. The van der Waals surface area contributed by atoms with Crippen LogP contribution in [0.1, 0.15) is 36.2 Å².